The zero-order chi connectivity index (χ0) is 16.4. The van der Waals surface area contributed by atoms with E-state index in [1.807, 2.05) is 12.1 Å². The van der Waals surface area contributed by atoms with Gasteiger partial charge in [0.15, 0.2) is 0 Å². The van der Waals surface area contributed by atoms with Crippen molar-refractivity contribution in [2.24, 2.45) is 0 Å². The first-order valence-corrected chi connectivity index (χ1v) is 7.55. The van der Waals surface area contributed by atoms with Gasteiger partial charge < -0.3 is 10.2 Å². The largest absolute Gasteiger partial charge is 0.384 e. The molecule has 6 heteroatoms. The van der Waals surface area contributed by atoms with Crippen LogP contribution in [0.2, 0.25) is 0 Å². The molecule has 1 saturated heterocycles. The van der Waals surface area contributed by atoms with Crippen LogP contribution in [0.15, 0.2) is 18.2 Å². The Labute approximate surface area is 134 Å². The molecule has 1 atom stereocenters. The lowest BCUT2D eigenvalue weighted by Gasteiger charge is -2.29. The van der Waals surface area contributed by atoms with E-state index in [-0.39, 0.29) is 18.2 Å². The highest BCUT2D eigenvalue weighted by Crippen LogP contribution is 2.32. The van der Waals surface area contributed by atoms with Crippen LogP contribution >= 0.6 is 0 Å². The second-order valence-corrected chi connectivity index (χ2v) is 5.61. The highest BCUT2D eigenvalue weighted by Gasteiger charge is 2.39. The van der Waals surface area contributed by atoms with Crippen LogP contribution in [-0.4, -0.2) is 35.2 Å². The molecule has 1 unspecified atom stereocenters. The molecule has 2 heterocycles. The van der Waals surface area contributed by atoms with Crippen molar-refractivity contribution in [1.29, 1.82) is 0 Å². The molecule has 2 aliphatic heterocycles. The molecule has 3 rings (SSSR count). The van der Waals surface area contributed by atoms with E-state index >= 15 is 0 Å². The standard InChI is InChI=1S/C17H17N3O3/c1-2-3-9-18-13-6-4-5-11-12(13)10-20(17(11)23)14-7-8-15(21)19-16(14)22/h1,4-6,14,18H,3,7-10H2,(H,19,21,22). The van der Waals surface area contributed by atoms with Crippen LogP contribution in [0.3, 0.4) is 0 Å². The number of nitrogens with one attached hydrogen (secondary N) is 2. The molecule has 0 aromatic heterocycles. The van der Waals surface area contributed by atoms with Crippen LogP contribution in [0, 0.1) is 12.3 Å². The maximum atomic E-state index is 12.6. The Morgan fingerprint density at radius 1 is 1.35 bits per heavy atom. The number of fused-ring (bicyclic) bond motifs is 1. The van der Waals surface area contributed by atoms with E-state index in [2.05, 4.69) is 16.6 Å². The van der Waals surface area contributed by atoms with Crippen LogP contribution in [0.1, 0.15) is 35.2 Å². The van der Waals surface area contributed by atoms with E-state index in [0.29, 0.717) is 31.5 Å². The van der Waals surface area contributed by atoms with Crippen molar-refractivity contribution in [3.8, 4) is 12.3 Å². The lowest BCUT2D eigenvalue weighted by molar-refractivity contribution is -0.136. The van der Waals surface area contributed by atoms with Crippen molar-refractivity contribution >= 4 is 23.4 Å². The first-order chi connectivity index (χ1) is 11.1. The van der Waals surface area contributed by atoms with Gasteiger partial charge in [0.25, 0.3) is 5.91 Å². The Morgan fingerprint density at radius 3 is 2.91 bits per heavy atom. The van der Waals surface area contributed by atoms with E-state index in [9.17, 15) is 14.4 Å². The second kappa shape index (κ2) is 6.13. The first-order valence-electron chi connectivity index (χ1n) is 7.55. The van der Waals surface area contributed by atoms with Crippen molar-refractivity contribution in [3.05, 3.63) is 29.3 Å². The summed E-state index contributed by atoms with van der Waals surface area (Å²) in [6.07, 6.45) is 6.46. The number of terminal acetylenes is 1. The maximum Gasteiger partial charge on any atom is 0.255 e. The number of nitrogens with zero attached hydrogens (tertiary/aromatic N) is 1. The molecule has 0 saturated carbocycles. The molecule has 23 heavy (non-hydrogen) atoms. The van der Waals surface area contributed by atoms with Gasteiger partial charge in [-0.2, -0.15) is 0 Å². The summed E-state index contributed by atoms with van der Waals surface area (Å²) >= 11 is 0. The topological polar surface area (TPSA) is 78.5 Å². The minimum Gasteiger partial charge on any atom is -0.384 e. The van der Waals surface area contributed by atoms with E-state index in [0.717, 1.165) is 11.3 Å². The number of carbonyl (C=O) groups is 3. The van der Waals surface area contributed by atoms with Gasteiger partial charge in [-0.3, -0.25) is 19.7 Å². The van der Waals surface area contributed by atoms with Crippen LogP contribution in [-0.2, 0) is 16.1 Å². The molecule has 3 amide bonds. The van der Waals surface area contributed by atoms with Crippen molar-refractivity contribution in [2.75, 3.05) is 11.9 Å². The van der Waals surface area contributed by atoms with E-state index in [4.69, 9.17) is 6.42 Å². The van der Waals surface area contributed by atoms with Crippen molar-refractivity contribution < 1.29 is 14.4 Å². The van der Waals surface area contributed by atoms with Gasteiger partial charge in [-0.25, -0.2) is 0 Å². The van der Waals surface area contributed by atoms with Gasteiger partial charge in [-0.05, 0) is 18.6 Å². The number of hydrogen-bond donors (Lipinski definition) is 2. The third-order valence-corrected chi connectivity index (χ3v) is 4.17. The minimum atomic E-state index is -0.592. The summed E-state index contributed by atoms with van der Waals surface area (Å²) in [7, 11) is 0. The molecule has 1 fully saturated rings. The van der Waals surface area contributed by atoms with Crippen molar-refractivity contribution in [2.45, 2.75) is 31.8 Å². The number of anilines is 1. The lowest BCUT2D eigenvalue weighted by atomic mass is 10.0. The lowest BCUT2D eigenvalue weighted by Crippen LogP contribution is -2.52. The zero-order valence-electron chi connectivity index (χ0n) is 12.6. The van der Waals surface area contributed by atoms with Gasteiger partial charge in [0.1, 0.15) is 6.04 Å². The first kappa shape index (κ1) is 15.1. The van der Waals surface area contributed by atoms with Gasteiger partial charge in [0.05, 0.1) is 0 Å². The van der Waals surface area contributed by atoms with Crippen LogP contribution in [0.4, 0.5) is 5.69 Å². The summed E-state index contributed by atoms with van der Waals surface area (Å²) in [5, 5.41) is 5.53. The number of rotatable bonds is 4. The molecule has 1 aromatic carbocycles. The molecule has 0 spiro atoms. The second-order valence-electron chi connectivity index (χ2n) is 5.61. The average Bonchev–Trinajstić information content (AvgIpc) is 2.86. The van der Waals surface area contributed by atoms with Gasteiger partial charge in [0.2, 0.25) is 11.8 Å². The minimum absolute atomic E-state index is 0.171. The van der Waals surface area contributed by atoms with Crippen molar-refractivity contribution in [3.63, 3.8) is 0 Å². The highest BCUT2D eigenvalue weighted by atomic mass is 16.2. The Bertz CT molecular complexity index is 720. The van der Waals surface area contributed by atoms with E-state index < -0.39 is 11.9 Å². The summed E-state index contributed by atoms with van der Waals surface area (Å²) in [6, 6.07) is 4.88. The molecular weight excluding hydrogens is 294 g/mol. The van der Waals surface area contributed by atoms with E-state index in [1.165, 1.54) is 0 Å². The van der Waals surface area contributed by atoms with Gasteiger partial charge >= 0.3 is 0 Å². The Balaban J connectivity index is 1.81. The molecule has 0 aliphatic carbocycles. The highest BCUT2D eigenvalue weighted by molar-refractivity contribution is 6.06. The van der Waals surface area contributed by atoms with Gasteiger partial charge in [-0.1, -0.05) is 6.07 Å². The molecule has 0 radical (unpaired) electrons. The SMILES string of the molecule is C#CCCNc1cccc2c1CN(C1CCC(=O)NC1=O)C2=O. The molecule has 2 aliphatic rings. The summed E-state index contributed by atoms with van der Waals surface area (Å²) in [6.45, 7) is 0.985. The number of benzene rings is 1. The van der Waals surface area contributed by atoms with Crippen LogP contribution in [0.25, 0.3) is 0 Å². The Hall–Kier alpha value is -2.81. The maximum absolute atomic E-state index is 12.6. The van der Waals surface area contributed by atoms with Gasteiger partial charge in [0, 0.05) is 42.7 Å². The third kappa shape index (κ3) is 2.78. The summed E-state index contributed by atoms with van der Waals surface area (Å²) < 4.78 is 0. The fourth-order valence-corrected chi connectivity index (χ4v) is 3.02. The smallest absolute Gasteiger partial charge is 0.255 e. The quantitative estimate of drug-likeness (QED) is 0.492. The average molecular weight is 311 g/mol. The third-order valence-electron chi connectivity index (χ3n) is 4.17. The molecule has 0 bridgehead atoms. The molecule has 1 aromatic rings. The predicted octanol–water partition coefficient (Wildman–Crippen LogP) is 0.883. The fraction of sp³-hybridized carbons (Fsp3) is 0.353. The van der Waals surface area contributed by atoms with Crippen molar-refractivity contribution in [1.82, 2.24) is 10.2 Å². The summed E-state index contributed by atoms with van der Waals surface area (Å²) in [4.78, 5) is 37.4. The summed E-state index contributed by atoms with van der Waals surface area (Å²) in [5.74, 6) is 1.70. The van der Waals surface area contributed by atoms with Gasteiger partial charge in [-0.15, -0.1) is 12.3 Å². The number of amides is 3. The molecular formula is C17H17N3O3. The summed E-state index contributed by atoms with van der Waals surface area (Å²) in [5.41, 5.74) is 2.33. The number of piperidine rings is 1. The normalized spacial score (nSPS) is 20.0. The number of hydrogen-bond acceptors (Lipinski definition) is 4. The zero-order valence-corrected chi connectivity index (χ0v) is 12.6. The molecule has 2 N–H and O–H groups in total. The monoisotopic (exact) mass is 311 g/mol. The van der Waals surface area contributed by atoms with Crippen LogP contribution in [0.5, 0.6) is 0 Å². The Morgan fingerprint density at radius 2 is 2.17 bits per heavy atom. The van der Waals surface area contributed by atoms with E-state index in [1.54, 1.807) is 11.0 Å². The van der Waals surface area contributed by atoms with Crippen LogP contribution < -0.4 is 10.6 Å². The molecule has 6 nitrogen and oxygen atoms in total. The fourth-order valence-electron chi connectivity index (χ4n) is 3.02. The number of carbonyl (C=O) groups excluding carboxylic acids is 3. The number of imide groups is 1. The predicted molar refractivity (Wildman–Crippen MR) is 84.4 cm³/mol. The Kier molecular flexibility index (Phi) is 4.02. The molecule has 118 valence electrons.